The van der Waals surface area contributed by atoms with Crippen molar-refractivity contribution in [1.82, 2.24) is 30.7 Å². The van der Waals surface area contributed by atoms with E-state index in [-0.39, 0.29) is 55.8 Å². The Bertz CT molecular complexity index is 2150. The third-order valence-corrected chi connectivity index (χ3v) is 16.3. The van der Waals surface area contributed by atoms with Crippen LogP contribution in [-0.2, 0) is 58.8 Å². The van der Waals surface area contributed by atoms with Crippen LogP contribution in [0.1, 0.15) is 120 Å². The van der Waals surface area contributed by atoms with Gasteiger partial charge in [0.15, 0.2) is 18.7 Å². The van der Waals surface area contributed by atoms with Crippen LogP contribution in [0, 0.1) is 23.7 Å². The number of aliphatic hydroxyl groups is 2. The summed E-state index contributed by atoms with van der Waals surface area (Å²) >= 11 is 0. The summed E-state index contributed by atoms with van der Waals surface area (Å²) in [4.78, 5) is 82.0. The molecule has 10 unspecified atom stereocenters. The van der Waals surface area contributed by atoms with Gasteiger partial charge in [-0.15, -0.1) is 0 Å². The number of likely N-dealkylation sites (N-methyl/N-ethyl adjacent to an activating group) is 2. The molecular formula is C55H89N7O13. The highest BCUT2D eigenvalue weighted by atomic mass is 16.7. The molecule has 422 valence electrons. The second-order valence-electron chi connectivity index (χ2n) is 23.0. The van der Waals surface area contributed by atoms with Gasteiger partial charge in [0.2, 0.25) is 29.5 Å². The fourth-order valence-electron chi connectivity index (χ4n) is 11.8. The van der Waals surface area contributed by atoms with Gasteiger partial charge < -0.3 is 69.3 Å². The molecule has 1 aromatic rings. The number of nitrogens with zero attached hydrogens (tertiary/aromatic N) is 4. The Hall–Kier alpha value is -4.44. The molecule has 0 spiro atoms. The Morgan fingerprint density at radius 3 is 2.27 bits per heavy atom. The summed E-state index contributed by atoms with van der Waals surface area (Å²) in [6.07, 6.45) is -4.60. The summed E-state index contributed by atoms with van der Waals surface area (Å²) in [5, 5.41) is 32.9. The molecule has 1 aromatic carbocycles. The molecule has 75 heavy (non-hydrogen) atoms. The first kappa shape index (κ1) is 59.8. The number of hydrogen-bond acceptors (Lipinski definition) is 14. The molecule has 18 atom stereocenters. The van der Waals surface area contributed by atoms with Crippen LogP contribution in [-0.4, -0.2) is 192 Å². The molecule has 5 N–H and O–H groups in total. The standard InChI is InChI=1S/C55H89N7O13/c1-15-32(5)43-49(66)56-28-41(63)58-38(25-37-20-17-16-18-21-37)50(67)62-23-19-22-39(62)51(68)60(12)29-31(4)26-54(10,69)47(75-52-45-40(24-33(6)71-52)61(13)53(74-45)57-30(2)3)34(7)44(35(8)48(65)59-43)73-42-27-55(11,70-14)46(64)36(9)72-42/h16-18,20-21,30-36,38-40,42-47,52,64,69H,15,19,22-29H2,1-14H3,(H,56,66)(H,58,63)(H,59,65)/b57-53+/t31-,32+,33?,34+,35?,36?,38?,39?,40?,42+,43+,44?,45-,46+,47-,52?,54?,55?/m1/s1. The monoisotopic (exact) mass is 1060 g/mol. The Morgan fingerprint density at radius 2 is 1.61 bits per heavy atom. The molecule has 0 radical (unpaired) electrons. The number of fused-ring (bicyclic) bond motifs is 2. The molecule has 5 aliphatic rings. The van der Waals surface area contributed by atoms with Gasteiger partial charge in [-0.05, 0) is 84.6 Å². The Kier molecular flexibility index (Phi) is 20.2. The van der Waals surface area contributed by atoms with Gasteiger partial charge in [0.25, 0.3) is 6.02 Å². The highest BCUT2D eigenvalue weighted by Crippen LogP contribution is 2.41. The minimum absolute atomic E-state index is 0.0623. The number of carbonyl (C=O) groups excluding carboxylic acids is 5. The first-order chi connectivity index (χ1) is 35.3. The van der Waals surface area contributed by atoms with Crippen LogP contribution in [0.15, 0.2) is 35.3 Å². The van der Waals surface area contributed by atoms with E-state index in [0.29, 0.717) is 38.2 Å². The number of aliphatic hydroxyl groups excluding tert-OH is 1. The van der Waals surface area contributed by atoms with Gasteiger partial charge >= 0.3 is 0 Å². The molecule has 0 aliphatic carbocycles. The Balaban J connectivity index is 1.43. The van der Waals surface area contributed by atoms with Crippen LogP contribution in [0.3, 0.4) is 0 Å². The van der Waals surface area contributed by atoms with Gasteiger partial charge in [-0.2, -0.15) is 0 Å². The van der Waals surface area contributed by atoms with E-state index in [1.54, 1.807) is 44.5 Å². The fourth-order valence-corrected chi connectivity index (χ4v) is 11.8. The van der Waals surface area contributed by atoms with E-state index in [1.165, 1.54) is 7.11 Å². The van der Waals surface area contributed by atoms with Gasteiger partial charge in [0.1, 0.15) is 24.2 Å². The second-order valence-corrected chi connectivity index (χ2v) is 23.0. The number of nitrogens with one attached hydrogen (secondary N) is 3. The van der Waals surface area contributed by atoms with Gasteiger partial charge in [-0.1, -0.05) is 71.4 Å². The van der Waals surface area contributed by atoms with Gasteiger partial charge in [-0.3, -0.25) is 24.0 Å². The van der Waals surface area contributed by atoms with Crippen LogP contribution in [0.4, 0.5) is 0 Å². The number of rotatable bonds is 10. The minimum atomic E-state index is -1.72. The summed E-state index contributed by atoms with van der Waals surface area (Å²) in [5.74, 6) is -5.15. The zero-order valence-electron chi connectivity index (χ0n) is 46.9. The van der Waals surface area contributed by atoms with Crippen molar-refractivity contribution < 1.29 is 62.6 Å². The molecule has 5 fully saturated rings. The maximum atomic E-state index is 15.0. The van der Waals surface area contributed by atoms with Crippen molar-refractivity contribution in [2.24, 2.45) is 28.7 Å². The molecule has 0 saturated carbocycles. The number of amidine groups is 1. The van der Waals surface area contributed by atoms with E-state index in [1.807, 2.05) is 90.7 Å². The van der Waals surface area contributed by atoms with E-state index in [2.05, 4.69) is 16.0 Å². The minimum Gasteiger partial charge on any atom is -0.454 e. The quantitative estimate of drug-likeness (QED) is 0.227. The SMILES string of the molecule is CC[C@H](C)[C@@H]1NC(=O)C(C)C(O[C@H]2CC(C)(OC)[C@@H](O)C(C)O2)[C@H](C)[C@@H](OC2OC(C)CC3[C@H]2O/C(=N/C(C)C)N3C)C(C)(O)C[C@@H](C)CN(C)C(=O)C2CCCN2C(=O)C(Cc2ccccc2)NC(=O)CNC1=O. The predicted molar refractivity (Wildman–Crippen MR) is 280 cm³/mol. The number of amides is 5. The lowest BCUT2D eigenvalue weighted by atomic mass is 9.77. The molecule has 20 heteroatoms. The van der Waals surface area contributed by atoms with Crippen molar-refractivity contribution in [2.75, 3.05) is 40.8 Å². The third-order valence-electron chi connectivity index (χ3n) is 16.3. The lowest BCUT2D eigenvalue weighted by Gasteiger charge is -2.48. The van der Waals surface area contributed by atoms with Gasteiger partial charge in [0, 0.05) is 59.1 Å². The molecule has 5 heterocycles. The molecular weight excluding hydrogens is 967 g/mol. The lowest BCUT2D eigenvalue weighted by Crippen LogP contribution is -2.61. The molecule has 6 rings (SSSR count). The summed E-state index contributed by atoms with van der Waals surface area (Å²) in [6, 6.07) is 6.49. The normalized spacial score (nSPS) is 39.2. The predicted octanol–water partition coefficient (Wildman–Crippen LogP) is 3.14. The van der Waals surface area contributed by atoms with E-state index < -0.39 is 120 Å². The number of carbonyl (C=O) groups is 5. The molecule has 0 aromatic heterocycles. The Labute approximate surface area is 444 Å². The van der Waals surface area contributed by atoms with Crippen molar-refractivity contribution in [3.05, 3.63) is 35.9 Å². The topological polar surface area (TPSA) is 239 Å². The fraction of sp³-hybridized carbons (Fsp3) is 0.782. The molecule has 20 nitrogen and oxygen atoms in total. The van der Waals surface area contributed by atoms with Crippen LogP contribution in [0.2, 0.25) is 0 Å². The number of benzene rings is 1. The summed E-state index contributed by atoms with van der Waals surface area (Å²) in [7, 11) is 5.11. The molecule has 0 bridgehead atoms. The van der Waals surface area contributed by atoms with Crippen molar-refractivity contribution in [3.8, 4) is 0 Å². The van der Waals surface area contributed by atoms with E-state index in [0.717, 1.165) is 5.56 Å². The number of hydrogen-bond donors (Lipinski definition) is 5. The summed E-state index contributed by atoms with van der Waals surface area (Å²) in [5.41, 5.74) is -2.02. The van der Waals surface area contributed by atoms with Crippen LogP contribution >= 0.6 is 0 Å². The number of aliphatic imine (C=N–C) groups is 1. The smallest absolute Gasteiger partial charge is 0.288 e. The third kappa shape index (κ3) is 14.2. The number of ether oxygens (including phenoxy) is 6. The zero-order valence-corrected chi connectivity index (χ0v) is 46.9. The first-order valence-electron chi connectivity index (χ1n) is 27.3. The van der Waals surface area contributed by atoms with Crippen molar-refractivity contribution in [2.45, 2.75) is 212 Å². The largest absolute Gasteiger partial charge is 0.454 e. The van der Waals surface area contributed by atoms with Crippen LogP contribution in [0.25, 0.3) is 0 Å². The van der Waals surface area contributed by atoms with E-state index in [9.17, 15) is 34.2 Å². The summed E-state index contributed by atoms with van der Waals surface area (Å²) < 4.78 is 39.4. The summed E-state index contributed by atoms with van der Waals surface area (Å²) in [6.45, 7) is 20.2. The maximum absolute atomic E-state index is 15.0. The zero-order chi connectivity index (χ0) is 55.3. The van der Waals surface area contributed by atoms with Crippen molar-refractivity contribution in [1.29, 1.82) is 0 Å². The lowest BCUT2D eigenvalue weighted by molar-refractivity contribution is -0.313. The highest BCUT2D eigenvalue weighted by Gasteiger charge is 2.54. The van der Waals surface area contributed by atoms with Crippen LogP contribution < -0.4 is 16.0 Å². The van der Waals surface area contributed by atoms with Crippen LogP contribution in [0.5, 0.6) is 0 Å². The average Bonchev–Trinajstić information content (AvgIpc) is 3.97. The molecule has 5 aliphatic heterocycles. The van der Waals surface area contributed by atoms with Gasteiger partial charge in [-0.25, -0.2) is 4.99 Å². The maximum Gasteiger partial charge on any atom is 0.288 e. The second kappa shape index (κ2) is 25.4. The van der Waals surface area contributed by atoms with Gasteiger partial charge in [0.05, 0.1) is 54.1 Å². The van der Waals surface area contributed by atoms with E-state index >= 15 is 0 Å². The average molecular weight is 1060 g/mol. The van der Waals surface area contributed by atoms with Crippen molar-refractivity contribution >= 4 is 35.6 Å². The van der Waals surface area contributed by atoms with E-state index in [4.69, 9.17) is 33.4 Å². The first-order valence-corrected chi connectivity index (χ1v) is 27.3. The molecule has 5 saturated heterocycles. The van der Waals surface area contributed by atoms with Crippen molar-refractivity contribution in [3.63, 3.8) is 0 Å². The molecule has 5 amide bonds. The number of methoxy groups -OCH3 is 1. The Morgan fingerprint density at radius 1 is 0.920 bits per heavy atom. The highest BCUT2D eigenvalue weighted by molar-refractivity contribution is 5.95.